The maximum atomic E-state index is 9.60. The first-order valence-electron chi connectivity index (χ1n) is 7.55. The van der Waals surface area contributed by atoms with E-state index in [0.717, 1.165) is 34.6 Å². The molecule has 4 nitrogen and oxygen atoms in total. The van der Waals surface area contributed by atoms with E-state index in [1.165, 1.54) is 0 Å². The fraction of sp³-hybridized carbons (Fsp3) is 0.211. The molecule has 0 unspecified atom stereocenters. The van der Waals surface area contributed by atoms with Crippen LogP contribution in [-0.4, -0.2) is 11.7 Å². The molecule has 0 saturated carbocycles. The molecule has 3 rings (SSSR count). The number of nitrogens with zero attached hydrogens (tertiary/aromatic N) is 2. The maximum Gasteiger partial charge on any atom is 0.130 e. The van der Waals surface area contributed by atoms with Gasteiger partial charge in [0.15, 0.2) is 0 Å². The molecule has 0 spiro atoms. The summed E-state index contributed by atoms with van der Waals surface area (Å²) in [6, 6.07) is 17.7. The molecule has 0 saturated heterocycles. The average molecular weight is 306 g/mol. The molecule has 0 amide bonds. The van der Waals surface area contributed by atoms with E-state index in [0.29, 0.717) is 12.2 Å². The Bertz CT molecular complexity index is 860. The zero-order valence-corrected chi connectivity index (χ0v) is 13.2. The number of methoxy groups -OCH3 is 1. The summed E-state index contributed by atoms with van der Waals surface area (Å²) < 4.78 is 13.3. The van der Waals surface area contributed by atoms with Crippen LogP contribution in [0.5, 0.6) is 11.5 Å². The molecule has 23 heavy (non-hydrogen) atoms. The highest BCUT2D eigenvalue weighted by atomic mass is 16.5. The van der Waals surface area contributed by atoms with Crippen molar-refractivity contribution in [2.75, 3.05) is 7.11 Å². The summed E-state index contributed by atoms with van der Waals surface area (Å²) in [4.78, 5) is 0. The summed E-state index contributed by atoms with van der Waals surface area (Å²) in [5.41, 5.74) is 2.55. The smallest absolute Gasteiger partial charge is 0.130 e. The summed E-state index contributed by atoms with van der Waals surface area (Å²) >= 11 is 0. The standard InChI is InChI=1S/C19H18N2O2/c1-3-21-18-11-15(22-2)9-10-16(18)17(12-20)19(21)13-23-14-7-5-4-6-8-14/h4-11H,3,13H2,1-2H3. The third-order valence-electron chi connectivity index (χ3n) is 3.93. The molecule has 0 aliphatic rings. The van der Waals surface area contributed by atoms with Crippen molar-refractivity contribution in [3.63, 3.8) is 0 Å². The monoisotopic (exact) mass is 306 g/mol. The molecule has 0 aliphatic heterocycles. The molecule has 0 aliphatic carbocycles. The molecule has 0 bridgehead atoms. The lowest BCUT2D eigenvalue weighted by atomic mass is 10.1. The van der Waals surface area contributed by atoms with Gasteiger partial charge in [-0.2, -0.15) is 5.26 Å². The highest BCUT2D eigenvalue weighted by Crippen LogP contribution is 2.30. The first-order chi connectivity index (χ1) is 11.3. The molecule has 3 aromatic rings. The summed E-state index contributed by atoms with van der Waals surface area (Å²) in [5, 5.41) is 10.5. The first-order valence-corrected chi connectivity index (χ1v) is 7.55. The lowest BCUT2D eigenvalue weighted by molar-refractivity contribution is 0.296. The largest absolute Gasteiger partial charge is 0.497 e. The van der Waals surface area contributed by atoms with Crippen LogP contribution in [0, 0.1) is 11.3 Å². The van der Waals surface area contributed by atoms with Crippen molar-refractivity contribution in [2.45, 2.75) is 20.1 Å². The third kappa shape index (κ3) is 2.74. The number of aryl methyl sites for hydroxylation is 1. The van der Waals surface area contributed by atoms with Gasteiger partial charge in [-0.15, -0.1) is 0 Å². The Kier molecular flexibility index (Phi) is 4.20. The van der Waals surface area contributed by atoms with Crippen molar-refractivity contribution in [1.29, 1.82) is 5.26 Å². The molecule has 1 aromatic heterocycles. The fourth-order valence-electron chi connectivity index (χ4n) is 2.81. The van der Waals surface area contributed by atoms with Crippen molar-refractivity contribution >= 4 is 10.9 Å². The van der Waals surface area contributed by atoms with Crippen molar-refractivity contribution in [2.24, 2.45) is 0 Å². The average Bonchev–Trinajstić information content (AvgIpc) is 2.92. The van der Waals surface area contributed by atoms with Crippen molar-refractivity contribution in [3.05, 3.63) is 59.8 Å². The van der Waals surface area contributed by atoms with Crippen molar-refractivity contribution < 1.29 is 9.47 Å². The minimum Gasteiger partial charge on any atom is -0.497 e. The van der Waals surface area contributed by atoms with E-state index < -0.39 is 0 Å². The van der Waals surface area contributed by atoms with Gasteiger partial charge in [0, 0.05) is 18.0 Å². The summed E-state index contributed by atoms with van der Waals surface area (Å²) in [6.07, 6.45) is 0. The van der Waals surface area contributed by atoms with Crippen LogP contribution in [0.2, 0.25) is 0 Å². The normalized spacial score (nSPS) is 10.5. The topological polar surface area (TPSA) is 47.2 Å². The first kappa shape index (κ1) is 15.0. The Morgan fingerprint density at radius 1 is 1.09 bits per heavy atom. The highest BCUT2D eigenvalue weighted by molar-refractivity contribution is 5.89. The number of benzene rings is 2. The minimum absolute atomic E-state index is 0.359. The Morgan fingerprint density at radius 3 is 2.52 bits per heavy atom. The van der Waals surface area contributed by atoms with Gasteiger partial charge in [0.1, 0.15) is 24.2 Å². The number of hydrogen-bond donors (Lipinski definition) is 0. The Labute approximate surface area is 135 Å². The van der Waals surface area contributed by atoms with Crippen LogP contribution in [0.25, 0.3) is 10.9 Å². The number of ether oxygens (including phenoxy) is 2. The zero-order valence-electron chi connectivity index (χ0n) is 13.2. The van der Waals surface area contributed by atoms with Gasteiger partial charge in [0.2, 0.25) is 0 Å². The number of aromatic nitrogens is 1. The van der Waals surface area contributed by atoms with Crippen LogP contribution in [0.15, 0.2) is 48.5 Å². The SMILES string of the molecule is CCn1c(COc2ccccc2)c(C#N)c2ccc(OC)cc21. The van der Waals surface area contributed by atoms with E-state index in [2.05, 4.69) is 17.6 Å². The Morgan fingerprint density at radius 2 is 1.87 bits per heavy atom. The predicted octanol–water partition coefficient (Wildman–Crippen LogP) is 4.12. The van der Waals surface area contributed by atoms with Gasteiger partial charge in [0.25, 0.3) is 0 Å². The van der Waals surface area contributed by atoms with Gasteiger partial charge in [-0.05, 0) is 31.2 Å². The molecular weight excluding hydrogens is 288 g/mol. The van der Waals surface area contributed by atoms with Crippen LogP contribution in [-0.2, 0) is 13.2 Å². The molecule has 0 radical (unpaired) electrons. The van der Waals surface area contributed by atoms with E-state index in [-0.39, 0.29) is 0 Å². The van der Waals surface area contributed by atoms with E-state index in [9.17, 15) is 5.26 Å². The molecule has 4 heteroatoms. The van der Waals surface area contributed by atoms with Gasteiger partial charge in [-0.25, -0.2) is 0 Å². The number of rotatable bonds is 5. The number of para-hydroxylation sites is 1. The van der Waals surface area contributed by atoms with Gasteiger partial charge in [0.05, 0.1) is 23.9 Å². The second kappa shape index (κ2) is 6.45. The van der Waals surface area contributed by atoms with Gasteiger partial charge >= 0.3 is 0 Å². The van der Waals surface area contributed by atoms with Crippen LogP contribution in [0.1, 0.15) is 18.2 Å². The summed E-state index contributed by atoms with van der Waals surface area (Å²) in [6.45, 7) is 3.18. The van der Waals surface area contributed by atoms with E-state index in [1.807, 2.05) is 48.5 Å². The minimum atomic E-state index is 0.359. The third-order valence-corrected chi connectivity index (χ3v) is 3.93. The molecular formula is C19H18N2O2. The lowest BCUT2D eigenvalue weighted by Crippen LogP contribution is -2.06. The van der Waals surface area contributed by atoms with Gasteiger partial charge < -0.3 is 14.0 Å². The maximum absolute atomic E-state index is 9.60. The highest BCUT2D eigenvalue weighted by Gasteiger charge is 2.17. The Balaban J connectivity index is 2.06. The van der Waals surface area contributed by atoms with Crippen LogP contribution < -0.4 is 9.47 Å². The predicted molar refractivity (Wildman–Crippen MR) is 89.7 cm³/mol. The second-order valence-electron chi connectivity index (χ2n) is 5.16. The fourth-order valence-corrected chi connectivity index (χ4v) is 2.81. The van der Waals surface area contributed by atoms with Crippen LogP contribution in [0.4, 0.5) is 0 Å². The zero-order chi connectivity index (χ0) is 16.2. The van der Waals surface area contributed by atoms with Crippen LogP contribution in [0.3, 0.4) is 0 Å². The van der Waals surface area contributed by atoms with Gasteiger partial charge in [-0.1, -0.05) is 18.2 Å². The Hall–Kier alpha value is -2.93. The van der Waals surface area contributed by atoms with E-state index in [1.54, 1.807) is 7.11 Å². The summed E-state index contributed by atoms with van der Waals surface area (Å²) in [5.74, 6) is 1.58. The number of fused-ring (bicyclic) bond motifs is 1. The number of nitriles is 1. The van der Waals surface area contributed by atoms with E-state index >= 15 is 0 Å². The molecule has 116 valence electrons. The molecule has 0 fully saturated rings. The lowest BCUT2D eigenvalue weighted by Gasteiger charge is -2.10. The molecule has 0 atom stereocenters. The van der Waals surface area contributed by atoms with Crippen LogP contribution >= 0.6 is 0 Å². The quantitative estimate of drug-likeness (QED) is 0.712. The molecule has 2 aromatic carbocycles. The van der Waals surface area contributed by atoms with E-state index in [4.69, 9.17) is 9.47 Å². The summed E-state index contributed by atoms with van der Waals surface area (Å²) in [7, 11) is 1.64. The van der Waals surface area contributed by atoms with Crippen molar-refractivity contribution in [1.82, 2.24) is 4.57 Å². The number of hydrogen-bond acceptors (Lipinski definition) is 3. The molecule has 0 N–H and O–H groups in total. The van der Waals surface area contributed by atoms with Gasteiger partial charge in [-0.3, -0.25) is 0 Å². The van der Waals surface area contributed by atoms with Crippen molar-refractivity contribution in [3.8, 4) is 17.6 Å². The molecule has 1 heterocycles. The second-order valence-corrected chi connectivity index (χ2v) is 5.16.